The van der Waals surface area contributed by atoms with E-state index in [0.717, 1.165) is 10.5 Å². The van der Waals surface area contributed by atoms with Crippen molar-refractivity contribution < 1.29 is 28.3 Å². The number of aryl methyl sites for hydroxylation is 1. The van der Waals surface area contributed by atoms with Crippen LogP contribution in [0.15, 0.2) is 78.4 Å². The zero-order valence-electron chi connectivity index (χ0n) is 18.6. The van der Waals surface area contributed by atoms with E-state index in [2.05, 4.69) is 10.6 Å². The average molecular weight is 473 g/mol. The summed E-state index contributed by atoms with van der Waals surface area (Å²) < 4.78 is 18.6. The summed E-state index contributed by atoms with van der Waals surface area (Å²) in [5.74, 6) is -2.29. The van der Waals surface area contributed by atoms with E-state index in [1.54, 1.807) is 48.5 Å². The van der Waals surface area contributed by atoms with Crippen molar-refractivity contribution in [3.8, 4) is 5.75 Å². The van der Waals surface area contributed by atoms with Crippen LogP contribution in [0.5, 0.6) is 5.75 Å². The third-order valence-electron chi connectivity index (χ3n) is 5.10. The van der Waals surface area contributed by atoms with Crippen LogP contribution in [0.25, 0.3) is 6.08 Å². The number of nitrogens with zero attached hydrogens (tertiary/aromatic N) is 1. The van der Waals surface area contributed by atoms with Gasteiger partial charge < -0.3 is 10.1 Å². The van der Waals surface area contributed by atoms with E-state index in [-0.39, 0.29) is 17.9 Å². The van der Waals surface area contributed by atoms with Gasteiger partial charge in [-0.2, -0.15) is 0 Å². The molecule has 0 saturated carbocycles. The van der Waals surface area contributed by atoms with Gasteiger partial charge in [-0.25, -0.2) is 14.1 Å². The molecule has 0 aromatic heterocycles. The molecule has 0 radical (unpaired) electrons. The number of hydrogen-bond acceptors (Lipinski definition) is 5. The number of anilines is 2. The molecule has 3 aromatic rings. The lowest BCUT2D eigenvalue weighted by Gasteiger charge is -2.26. The van der Waals surface area contributed by atoms with Crippen molar-refractivity contribution in [3.05, 3.63) is 95.3 Å². The smallest absolute Gasteiger partial charge is 0.335 e. The van der Waals surface area contributed by atoms with E-state index in [4.69, 9.17) is 4.74 Å². The second-order valence-electron chi connectivity index (χ2n) is 7.67. The maximum atomic E-state index is 13.1. The minimum absolute atomic E-state index is 0.244. The number of ether oxygens (including phenoxy) is 1. The first-order chi connectivity index (χ1) is 16.8. The number of carbonyl (C=O) groups is 4. The van der Waals surface area contributed by atoms with Crippen molar-refractivity contribution in [2.45, 2.75) is 6.92 Å². The summed E-state index contributed by atoms with van der Waals surface area (Å²) in [6.45, 7) is 1.50. The number of urea groups is 1. The Morgan fingerprint density at radius 3 is 2.40 bits per heavy atom. The molecule has 1 aliphatic heterocycles. The van der Waals surface area contributed by atoms with E-state index in [9.17, 15) is 23.6 Å². The maximum absolute atomic E-state index is 13.1. The normalized spacial score (nSPS) is 14.6. The molecule has 9 heteroatoms. The fourth-order valence-corrected chi connectivity index (χ4v) is 3.35. The first-order valence-corrected chi connectivity index (χ1v) is 10.6. The lowest BCUT2D eigenvalue weighted by atomic mass is 10.1. The van der Waals surface area contributed by atoms with E-state index >= 15 is 0 Å². The van der Waals surface area contributed by atoms with Crippen LogP contribution >= 0.6 is 0 Å². The summed E-state index contributed by atoms with van der Waals surface area (Å²) in [5.41, 5.74) is 1.76. The monoisotopic (exact) mass is 473 g/mol. The van der Waals surface area contributed by atoms with Gasteiger partial charge in [-0.05, 0) is 55.5 Å². The van der Waals surface area contributed by atoms with Crippen LogP contribution in [-0.2, 0) is 14.4 Å². The standard InChI is InChI=1S/C26H20FN3O5/c1-16-6-12-20(13-7-16)30-25(33)21(24(32)29-26(30)34)14-17-4-2-3-5-22(17)35-15-23(31)28-19-10-8-18(27)9-11-19/h2-14H,15H2,1H3,(H,28,31)(H,29,32,34)/b21-14+. The third kappa shape index (κ3) is 5.41. The quantitative estimate of drug-likeness (QED) is 0.418. The molecule has 0 bridgehead atoms. The molecule has 0 atom stereocenters. The second-order valence-corrected chi connectivity index (χ2v) is 7.67. The summed E-state index contributed by atoms with van der Waals surface area (Å²) >= 11 is 0. The molecule has 1 heterocycles. The minimum atomic E-state index is -0.844. The van der Waals surface area contributed by atoms with E-state index in [0.29, 0.717) is 16.9 Å². The van der Waals surface area contributed by atoms with Crippen molar-refractivity contribution in [1.29, 1.82) is 0 Å². The number of hydrogen-bond donors (Lipinski definition) is 2. The van der Waals surface area contributed by atoms with Crippen LogP contribution in [0.1, 0.15) is 11.1 Å². The number of halogens is 1. The summed E-state index contributed by atoms with van der Waals surface area (Å²) in [4.78, 5) is 51.0. The molecule has 2 N–H and O–H groups in total. The molecule has 8 nitrogen and oxygen atoms in total. The van der Waals surface area contributed by atoms with Gasteiger partial charge in [0.25, 0.3) is 17.7 Å². The first-order valence-electron chi connectivity index (χ1n) is 10.6. The Bertz CT molecular complexity index is 1330. The summed E-state index contributed by atoms with van der Waals surface area (Å²) in [6.07, 6.45) is 1.30. The number of amides is 5. The number of imide groups is 2. The topological polar surface area (TPSA) is 105 Å². The van der Waals surface area contributed by atoms with Crippen molar-refractivity contribution in [2.24, 2.45) is 0 Å². The van der Waals surface area contributed by atoms with Crippen LogP contribution in [0.4, 0.5) is 20.6 Å². The molecule has 4 rings (SSSR count). The second kappa shape index (κ2) is 10.0. The van der Waals surface area contributed by atoms with Crippen LogP contribution in [0, 0.1) is 12.7 Å². The SMILES string of the molecule is Cc1ccc(N2C(=O)NC(=O)/C(=C\c3ccccc3OCC(=O)Nc3ccc(F)cc3)C2=O)cc1. The Balaban J connectivity index is 1.53. The van der Waals surface area contributed by atoms with Gasteiger partial charge in [0, 0.05) is 11.3 Å². The Kier molecular flexibility index (Phi) is 6.68. The number of carbonyl (C=O) groups excluding carboxylic acids is 4. The predicted octanol–water partition coefficient (Wildman–Crippen LogP) is 3.82. The summed E-state index contributed by atoms with van der Waals surface area (Å²) in [7, 11) is 0. The maximum Gasteiger partial charge on any atom is 0.335 e. The zero-order chi connectivity index (χ0) is 24.9. The molecular formula is C26H20FN3O5. The summed E-state index contributed by atoms with van der Waals surface area (Å²) in [6, 6.07) is 17.7. The van der Waals surface area contributed by atoms with Gasteiger partial charge in [0.15, 0.2) is 6.61 Å². The first kappa shape index (κ1) is 23.4. The van der Waals surface area contributed by atoms with Gasteiger partial charge in [-0.15, -0.1) is 0 Å². The van der Waals surface area contributed by atoms with Gasteiger partial charge in [0.2, 0.25) is 0 Å². The van der Waals surface area contributed by atoms with Gasteiger partial charge >= 0.3 is 6.03 Å². The van der Waals surface area contributed by atoms with E-state index < -0.39 is 29.6 Å². The van der Waals surface area contributed by atoms with Crippen molar-refractivity contribution in [3.63, 3.8) is 0 Å². The van der Waals surface area contributed by atoms with Gasteiger partial charge in [-0.1, -0.05) is 35.9 Å². The molecular weight excluding hydrogens is 453 g/mol. The molecule has 1 saturated heterocycles. The molecule has 1 fully saturated rings. The van der Waals surface area contributed by atoms with Crippen LogP contribution < -0.4 is 20.3 Å². The van der Waals surface area contributed by atoms with Gasteiger partial charge in [0.05, 0.1) is 5.69 Å². The van der Waals surface area contributed by atoms with Crippen LogP contribution in [0.2, 0.25) is 0 Å². The largest absolute Gasteiger partial charge is 0.483 e. The highest BCUT2D eigenvalue weighted by molar-refractivity contribution is 6.39. The molecule has 5 amide bonds. The van der Waals surface area contributed by atoms with Crippen LogP contribution in [-0.4, -0.2) is 30.4 Å². The van der Waals surface area contributed by atoms with E-state index in [1.165, 1.54) is 30.3 Å². The Labute approximate surface area is 200 Å². The van der Waals surface area contributed by atoms with Crippen LogP contribution in [0.3, 0.4) is 0 Å². The number of barbiturate groups is 1. The minimum Gasteiger partial charge on any atom is -0.483 e. The highest BCUT2D eigenvalue weighted by Crippen LogP contribution is 2.25. The third-order valence-corrected chi connectivity index (χ3v) is 5.10. The molecule has 3 aromatic carbocycles. The number of para-hydroxylation sites is 1. The van der Waals surface area contributed by atoms with Gasteiger partial charge in [0.1, 0.15) is 17.1 Å². The summed E-state index contributed by atoms with van der Waals surface area (Å²) in [5, 5.41) is 4.75. The molecule has 176 valence electrons. The van der Waals surface area contributed by atoms with Crippen molar-refractivity contribution in [1.82, 2.24) is 5.32 Å². The van der Waals surface area contributed by atoms with Crippen molar-refractivity contribution >= 4 is 41.2 Å². The predicted molar refractivity (Wildman–Crippen MR) is 127 cm³/mol. The average Bonchev–Trinajstić information content (AvgIpc) is 2.83. The zero-order valence-corrected chi connectivity index (χ0v) is 18.6. The number of nitrogens with one attached hydrogen (secondary N) is 2. The van der Waals surface area contributed by atoms with E-state index in [1.807, 2.05) is 6.92 Å². The number of rotatable bonds is 6. The van der Waals surface area contributed by atoms with Gasteiger partial charge in [-0.3, -0.25) is 19.7 Å². The highest BCUT2D eigenvalue weighted by atomic mass is 19.1. The Morgan fingerprint density at radius 2 is 1.69 bits per heavy atom. The van der Waals surface area contributed by atoms with Crippen molar-refractivity contribution in [2.75, 3.05) is 16.8 Å². The molecule has 0 unspecified atom stereocenters. The fraction of sp³-hybridized carbons (Fsp3) is 0.0769. The number of benzene rings is 3. The Hall–Kier alpha value is -4.79. The molecule has 0 spiro atoms. The molecule has 0 aliphatic carbocycles. The highest BCUT2D eigenvalue weighted by Gasteiger charge is 2.36. The lowest BCUT2D eigenvalue weighted by Crippen LogP contribution is -2.54. The molecule has 35 heavy (non-hydrogen) atoms. The fourth-order valence-electron chi connectivity index (χ4n) is 3.35. The Morgan fingerprint density at radius 1 is 1.00 bits per heavy atom. The molecule has 1 aliphatic rings. The lowest BCUT2D eigenvalue weighted by molar-refractivity contribution is -0.122.